The second-order valence-electron chi connectivity index (χ2n) is 5.43. The van der Waals surface area contributed by atoms with Crippen LogP contribution in [0.2, 0.25) is 0 Å². The molecule has 1 aliphatic rings. The largest absolute Gasteiger partial charge is 0.481 e. The maximum atomic E-state index is 12.0. The first-order valence-electron chi connectivity index (χ1n) is 6.83. The first kappa shape index (κ1) is 14.5. The van der Waals surface area contributed by atoms with Gasteiger partial charge in [-0.05, 0) is 18.3 Å². The lowest BCUT2D eigenvalue weighted by Gasteiger charge is -2.35. The number of amides is 1. The molecule has 0 radical (unpaired) electrons. The number of hydrogen-bond donors (Lipinski definition) is 2. The Labute approximate surface area is 116 Å². The molecule has 1 aromatic heterocycles. The number of carbonyl (C=O) groups is 2. The Morgan fingerprint density at radius 1 is 1.30 bits per heavy atom. The summed E-state index contributed by atoms with van der Waals surface area (Å²) >= 11 is 0. The average Bonchev–Trinajstić information content (AvgIpc) is 2.89. The van der Waals surface area contributed by atoms with E-state index in [1.807, 2.05) is 0 Å². The molecule has 1 saturated carbocycles. The third-order valence-corrected chi connectivity index (χ3v) is 3.83. The van der Waals surface area contributed by atoms with E-state index < -0.39 is 11.4 Å². The smallest absolute Gasteiger partial charge is 0.303 e. The summed E-state index contributed by atoms with van der Waals surface area (Å²) in [5.74, 6) is -0.579. The summed E-state index contributed by atoms with van der Waals surface area (Å²) < 4.78 is 4.58. The van der Waals surface area contributed by atoms with Crippen LogP contribution < -0.4 is 5.32 Å². The van der Waals surface area contributed by atoms with Gasteiger partial charge in [0.25, 0.3) is 0 Å². The molecule has 0 aliphatic heterocycles. The lowest BCUT2D eigenvalue weighted by Crippen LogP contribution is -2.35. The second kappa shape index (κ2) is 6.49. The van der Waals surface area contributed by atoms with Crippen LogP contribution in [0.4, 0.5) is 0 Å². The minimum Gasteiger partial charge on any atom is -0.481 e. The average molecular weight is 281 g/mol. The number of nitrogens with zero attached hydrogens (tertiary/aromatic N) is 2. The lowest BCUT2D eigenvalue weighted by molar-refractivity contribution is -0.141. The van der Waals surface area contributed by atoms with Crippen molar-refractivity contribution in [1.82, 2.24) is 15.5 Å². The molecule has 0 spiro atoms. The number of carboxylic acid groups (broad SMARTS) is 1. The van der Waals surface area contributed by atoms with Gasteiger partial charge in [-0.15, -0.1) is 0 Å². The van der Waals surface area contributed by atoms with Gasteiger partial charge in [0, 0.05) is 6.42 Å². The van der Waals surface area contributed by atoms with Crippen molar-refractivity contribution in [3.05, 3.63) is 12.2 Å². The van der Waals surface area contributed by atoms with Gasteiger partial charge in [-0.3, -0.25) is 9.59 Å². The van der Waals surface area contributed by atoms with Gasteiger partial charge in [0.2, 0.25) is 12.3 Å². The Hall–Kier alpha value is -1.92. The predicted molar refractivity (Wildman–Crippen MR) is 68.5 cm³/mol. The number of nitrogens with one attached hydrogen (secondary N) is 1. The number of carbonyl (C=O) groups excluding carboxylic acids is 1. The van der Waals surface area contributed by atoms with E-state index in [0.717, 1.165) is 32.1 Å². The zero-order chi connectivity index (χ0) is 14.4. The fourth-order valence-corrected chi connectivity index (χ4v) is 2.89. The van der Waals surface area contributed by atoms with Crippen molar-refractivity contribution in [2.75, 3.05) is 0 Å². The maximum Gasteiger partial charge on any atom is 0.303 e. The van der Waals surface area contributed by atoms with E-state index in [1.54, 1.807) is 0 Å². The summed E-state index contributed by atoms with van der Waals surface area (Å²) in [5, 5.41) is 15.4. The predicted octanol–water partition coefficient (Wildman–Crippen LogP) is 1.50. The van der Waals surface area contributed by atoms with Gasteiger partial charge in [0.15, 0.2) is 5.82 Å². The molecular formula is C13H19N3O4. The molecule has 1 fully saturated rings. The molecule has 110 valence electrons. The van der Waals surface area contributed by atoms with Crippen molar-refractivity contribution in [2.24, 2.45) is 5.41 Å². The molecule has 0 atom stereocenters. The van der Waals surface area contributed by atoms with Crippen LogP contribution in [0.1, 0.15) is 50.8 Å². The summed E-state index contributed by atoms with van der Waals surface area (Å²) in [6.07, 6.45) is 6.21. The highest BCUT2D eigenvalue weighted by Gasteiger charge is 2.36. The summed E-state index contributed by atoms with van der Waals surface area (Å²) in [6, 6.07) is 0. The summed E-state index contributed by atoms with van der Waals surface area (Å²) in [6.45, 7) is 0.207. The molecule has 2 N–H and O–H groups in total. The Morgan fingerprint density at radius 3 is 2.65 bits per heavy atom. The fraction of sp³-hybridized carbons (Fsp3) is 0.692. The van der Waals surface area contributed by atoms with Crippen LogP contribution in [-0.2, 0) is 16.1 Å². The van der Waals surface area contributed by atoms with Crippen molar-refractivity contribution in [3.63, 3.8) is 0 Å². The molecule has 0 saturated heterocycles. The number of hydrogen-bond acceptors (Lipinski definition) is 5. The molecule has 0 bridgehead atoms. The standard InChI is InChI=1S/C13H19N3O4/c17-11(14-8-10-15-9-20-16-10)6-13(7-12(18)19)4-2-1-3-5-13/h9H,1-8H2,(H,14,17)(H,18,19). The SMILES string of the molecule is O=C(O)CC1(CC(=O)NCc2ncon2)CCCCC1. The number of aliphatic carboxylic acids is 1. The molecule has 0 unspecified atom stereocenters. The van der Waals surface area contributed by atoms with Crippen LogP contribution in [0.5, 0.6) is 0 Å². The molecule has 7 heteroatoms. The van der Waals surface area contributed by atoms with Gasteiger partial charge in [-0.2, -0.15) is 4.98 Å². The van der Waals surface area contributed by atoms with Crippen LogP contribution in [0.25, 0.3) is 0 Å². The summed E-state index contributed by atoms with van der Waals surface area (Å²) in [5.41, 5.74) is -0.397. The van der Waals surface area contributed by atoms with Crippen LogP contribution in [-0.4, -0.2) is 27.1 Å². The van der Waals surface area contributed by atoms with Crippen LogP contribution in [0.15, 0.2) is 10.9 Å². The minimum atomic E-state index is -0.835. The monoisotopic (exact) mass is 281 g/mol. The Kier molecular flexibility index (Phi) is 4.70. The zero-order valence-corrected chi connectivity index (χ0v) is 11.3. The molecular weight excluding hydrogens is 262 g/mol. The summed E-state index contributed by atoms with van der Waals surface area (Å²) in [7, 11) is 0. The molecule has 7 nitrogen and oxygen atoms in total. The van der Waals surface area contributed by atoms with Crippen LogP contribution >= 0.6 is 0 Å². The molecule has 1 amide bonds. The first-order valence-corrected chi connectivity index (χ1v) is 6.83. The molecule has 20 heavy (non-hydrogen) atoms. The van der Waals surface area contributed by atoms with E-state index >= 15 is 0 Å². The van der Waals surface area contributed by atoms with E-state index in [9.17, 15) is 9.59 Å². The Morgan fingerprint density at radius 2 is 2.05 bits per heavy atom. The quantitative estimate of drug-likeness (QED) is 0.818. The van der Waals surface area contributed by atoms with Crippen molar-refractivity contribution in [2.45, 2.75) is 51.5 Å². The minimum absolute atomic E-state index is 0.0582. The van der Waals surface area contributed by atoms with Gasteiger partial charge in [-0.1, -0.05) is 24.4 Å². The van der Waals surface area contributed by atoms with Crippen molar-refractivity contribution in [3.8, 4) is 0 Å². The van der Waals surface area contributed by atoms with E-state index in [-0.39, 0.29) is 25.3 Å². The highest BCUT2D eigenvalue weighted by molar-refractivity contribution is 5.78. The Bertz CT molecular complexity index is 452. The van der Waals surface area contributed by atoms with Gasteiger partial charge in [-0.25, -0.2) is 0 Å². The molecule has 0 aromatic carbocycles. The molecule has 1 aromatic rings. The van der Waals surface area contributed by atoms with Crippen LogP contribution in [0.3, 0.4) is 0 Å². The van der Waals surface area contributed by atoms with E-state index in [1.165, 1.54) is 6.39 Å². The molecule has 1 heterocycles. The van der Waals surface area contributed by atoms with Crippen molar-refractivity contribution in [1.29, 1.82) is 0 Å². The third kappa shape index (κ3) is 4.04. The molecule has 1 aliphatic carbocycles. The lowest BCUT2D eigenvalue weighted by atomic mass is 9.69. The van der Waals surface area contributed by atoms with E-state index in [4.69, 9.17) is 5.11 Å². The normalized spacial score (nSPS) is 17.6. The zero-order valence-electron chi connectivity index (χ0n) is 11.3. The van der Waals surface area contributed by atoms with Gasteiger partial charge >= 0.3 is 5.97 Å². The number of carboxylic acids is 1. The van der Waals surface area contributed by atoms with E-state index in [0.29, 0.717) is 5.82 Å². The van der Waals surface area contributed by atoms with Crippen molar-refractivity contribution >= 4 is 11.9 Å². The topological polar surface area (TPSA) is 105 Å². The second-order valence-corrected chi connectivity index (χ2v) is 5.43. The van der Waals surface area contributed by atoms with Gasteiger partial charge < -0.3 is 14.9 Å². The van der Waals surface area contributed by atoms with Crippen molar-refractivity contribution < 1.29 is 19.2 Å². The fourth-order valence-electron chi connectivity index (χ4n) is 2.89. The van der Waals surface area contributed by atoms with Crippen LogP contribution in [0, 0.1) is 5.41 Å². The third-order valence-electron chi connectivity index (χ3n) is 3.83. The highest BCUT2D eigenvalue weighted by atomic mass is 16.5. The first-order chi connectivity index (χ1) is 9.60. The summed E-state index contributed by atoms with van der Waals surface area (Å²) in [4.78, 5) is 26.9. The number of rotatable bonds is 6. The highest BCUT2D eigenvalue weighted by Crippen LogP contribution is 2.42. The Balaban J connectivity index is 1.89. The van der Waals surface area contributed by atoms with Gasteiger partial charge in [0.1, 0.15) is 0 Å². The maximum absolute atomic E-state index is 12.0. The molecule has 2 rings (SSSR count). The van der Waals surface area contributed by atoms with E-state index in [2.05, 4.69) is 20.0 Å². The van der Waals surface area contributed by atoms with Gasteiger partial charge in [0.05, 0.1) is 13.0 Å². The number of aromatic nitrogens is 2.